The standard InChI is InChI=1S/C12H12Cl2N4O2S/c13-7-1-2-9(8(14)5-7)18-4-3-17(6-10(18)19)12(20)16-11(15)21/h1-2,5H,3-4,6H2,(H3,15,16,20,21). The van der Waals surface area contributed by atoms with Gasteiger partial charge in [0, 0.05) is 18.1 Å². The predicted octanol–water partition coefficient (Wildman–Crippen LogP) is 1.60. The van der Waals surface area contributed by atoms with Gasteiger partial charge < -0.3 is 15.5 Å². The Bertz CT molecular complexity index is 611. The molecule has 21 heavy (non-hydrogen) atoms. The van der Waals surface area contributed by atoms with Crippen LogP contribution in [0.1, 0.15) is 0 Å². The van der Waals surface area contributed by atoms with Crippen molar-refractivity contribution in [2.24, 2.45) is 5.73 Å². The molecule has 3 amide bonds. The van der Waals surface area contributed by atoms with Crippen molar-refractivity contribution in [2.45, 2.75) is 0 Å². The van der Waals surface area contributed by atoms with E-state index in [4.69, 9.17) is 28.9 Å². The molecule has 2 rings (SSSR count). The van der Waals surface area contributed by atoms with Crippen LogP contribution in [0.5, 0.6) is 0 Å². The van der Waals surface area contributed by atoms with Gasteiger partial charge in [0.1, 0.15) is 6.54 Å². The number of anilines is 1. The molecule has 3 N–H and O–H groups in total. The molecule has 1 aliphatic rings. The van der Waals surface area contributed by atoms with Crippen LogP contribution in [0.3, 0.4) is 0 Å². The van der Waals surface area contributed by atoms with Gasteiger partial charge in [-0.3, -0.25) is 10.1 Å². The van der Waals surface area contributed by atoms with E-state index < -0.39 is 6.03 Å². The summed E-state index contributed by atoms with van der Waals surface area (Å²) in [5.74, 6) is -0.247. The quantitative estimate of drug-likeness (QED) is 0.757. The molecule has 1 aromatic carbocycles. The summed E-state index contributed by atoms with van der Waals surface area (Å²) in [6.45, 7) is 0.595. The molecular formula is C12H12Cl2N4O2S. The van der Waals surface area contributed by atoms with Crippen molar-refractivity contribution in [3.05, 3.63) is 28.2 Å². The van der Waals surface area contributed by atoms with Gasteiger partial charge in [-0.1, -0.05) is 23.2 Å². The SMILES string of the molecule is NC(=S)NC(=O)N1CCN(c2ccc(Cl)cc2Cl)C(=O)C1. The number of amides is 3. The molecule has 1 aliphatic heterocycles. The number of carbonyl (C=O) groups excluding carboxylic acids is 2. The highest BCUT2D eigenvalue weighted by atomic mass is 35.5. The van der Waals surface area contributed by atoms with Gasteiger partial charge in [-0.25, -0.2) is 4.79 Å². The average Bonchev–Trinajstić information content (AvgIpc) is 2.38. The molecule has 0 aliphatic carbocycles. The Balaban J connectivity index is 2.09. The normalized spacial score (nSPS) is 15.0. The number of hydrogen-bond acceptors (Lipinski definition) is 3. The van der Waals surface area contributed by atoms with Crippen molar-refractivity contribution < 1.29 is 9.59 Å². The number of nitrogens with one attached hydrogen (secondary N) is 1. The lowest BCUT2D eigenvalue weighted by Crippen LogP contribution is -2.56. The minimum Gasteiger partial charge on any atom is -0.376 e. The molecule has 0 atom stereocenters. The van der Waals surface area contributed by atoms with Crippen molar-refractivity contribution in [3.8, 4) is 0 Å². The molecule has 1 fully saturated rings. The number of carbonyl (C=O) groups is 2. The van der Waals surface area contributed by atoms with Crippen LogP contribution in [-0.2, 0) is 4.79 Å². The number of urea groups is 1. The fourth-order valence-electron chi connectivity index (χ4n) is 1.99. The highest BCUT2D eigenvalue weighted by molar-refractivity contribution is 7.80. The van der Waals surface area contributed by atoms with E-state index in [1.54, 1.807) is 18.2 Å². The topological polar surface area (TPSA) is 78.7 Å². The Morgan fingerprint density at radius 1 is 1.33 bits per heavy atom. The molecule has 0 spiro atoms. The van der Waals surface area contributed by atoms with Gasteiger partial charge in [0.2, 0.25) is 5.91 Å². The summed E-state index contributed by atoms with van der Waals surface area (Å²) in [5, 5.41) is 3.04. The van der Waals surface area contributed by atoms with Gasteiger partial charge in [0.05, 0.1) is 10.7 Å². The van der Waals surface area contributed by atoms with E-state index in [0.717, 1.165) is 0 Å². The summed E-state index contributed by atoms with van der Waals surface area (Å²) in [5.41, 5.74) is 5.80. The average molecular weight is 347 g/mol. The van der Waals surface area contributed by atoms with Crippen LogP contribution in [0, 0.1) is 0 Å². The summed E-state index contributed by atoms with van der Waals surface area (Å²) < 4.78 is 0. The Kier molecular flexibility index (Phi) is 4.87. The van der Waals surface area contributed by atoms with E-state index in [9.17, 15) is 9.59 Å². The lowest BCUT2D eigenvalue weighted by atomic mass is 10.2. The maximum atomic E-state index is 12.2. The van der Waals surface area contributed by atoms with Gasteiger partial charge in [0.25, 0.3) is 0 Å². The van der Waals surface area contributed by atoms with E-state index in [0.29, 0.717) is 28.8 Å². The third kappa shape index (κ3) is 3.75. The smallest absolute Gasteiger partial charge is 0.324 e. The minimum absolute atomic E-state index is 0.0760. The Labute approximate surface area is 136 Å². The van der Waals surface area contributed by atoms with E-state index in [1.165, 1.54) is 9.80 Å². The first-order valence-electron chi connectivity index (χ1n) is 5.99. The van der Waals surface area contributed by atoms with E-state index in [-0.39, 0.29) is 17.6 Å². The summed E-state index contributed by atoms with van der Waals surface area (Å²) in [6.07, 6.45) is 0. The maximum Gasteiger partial charge on any atom is 0.324 e. The zero-order valence-electron chi connectivity index (χ0n) is 10.8. The number of hydrogen-bond donors (Lipinski definition) is 2. The zero-order valence-corrected chi connectivity index (χ0v) is 13.1. The Morgan fingerprint density at radius 3 is 2.62 bits per heavy atom. The first kappa shape index (κ1) is 15.8. The van der Waals surface area contributed by atoms with Gasteiger partial charge in [-0.2, -0.15) is 0 Å². The van der Waals surface area contributed by atoms with Crippen molar-refractivity contribution >= 4 is 58.2 Å². The Morgan fingerprint density at radius 2 is 2.05 bits per heavy atom. The lowest BCUT2D eigenvalue weighted by molar-refractivity contribution is -0.120. The summed E-state index contributed by atoms with van der Waals surface area (Å²) in [4.78, 5) is 26.8. The van der Waals surface area contributed by atoms with Crippen molar-refractivity contribution in [1.82, 2.24) is 10.2 Å². The van der Waals surface area contributed by atoms with Gasteiger partial charge >= 0.3 is 6.03 Å². The van der Waals surface area contributed by atoms with Crippen LogP contribution in [-0.4, -0.2) is 41.6 Å². The second-order valence-electron chi connectivity index (χ2n) is 4.36. The molecule has 112 valence electrons. The molecule has 0 aromatic heterocycles. The molecule has 9 heteroatoms. The van der Waals surface area contributed by atoms with Gasteiger partial charge in [-0.05, 0) is 30.4 Å². The van der Waals surface area contributed by atoms with Crippen LogP contribution < -0.4 is 16.0 Å². The molecular weight excluding hydrogens is 335 g/mol. The molecule has 0 radical (unpaired) electrons. The van der Waals surface area contributed by atoms with E-state index in [1.807, 2.05) is 0 Å². The van der Waals surface area contributed by atoms with E-state index in [2.05, 4.69) is 17.5 Å². The number of benzene rings is 1. The fraction of sp³-hybridized carbons (Fsp3) is 0.250. The molecule has 1 saturated heterocycles. The largest absolute Gasteiger partial charge is 0.376 e. The molecule has 1 heterocycles. The summed E-state index contributed by atoms with van der Waals surface area (Å²) in [7, 11) is 0. The van der Waals surface area contributed by atoms with Crippen LogP contribution in [0.4, 0.5) is 10.5 Å². The second-order valence-corrected chi connectivity index (χ2v) is 5.64. The van der Waals surface area contributed by atoms with E-state index >= 15 is 0 Å². The molecule has 1 aromatic rings. The molecule has 6 nitrogen and oxygen atoms in total. The molecule has 0 unspecified atom stereocenters. The maximum absolute atomic E-state index is 12.2. The molecule has 0 bridgehead atoms. The zero-order chi connectivity index (χ0) is 15.6. The number of piperazine rings is 1. The van der Waals surface area contributed by atoms with Crippen molar-refractivity contribution in [3.63, 3.8) is 0 Å². The van der Waals surface area contributed by atoms with Gasteiger partial charge in [-0.15, -0.1) is 0 Å². The lowest BCUT2D eigenvalue weighted by Gasteiger charge is -2.34. The monoisotopic (exact) mass is 346 g/mol. The predicted molar refractivity (Wildman–Crippen MR) is 85.7 cm³/mol. The van der Waals surface area contributed by atoms with Crippen LogP contribution in [0.25, 0.3) is 0 Å². The third-order valence-corrected chi connectivity index (χ3v) is 3.58. The van der Waals surface area contributed by atoms with Crippen LogP contribution in [0.2, 0.25) is 10.0 Å². The number of nitrogens with two attached hydrogens (primary N) is 1. The summed E-state index contributed by atoms with van der Waals surface area (Å²) in [6, 6.07) is 4.41. The minimum atomic E-state index is -0.488. The van der Waals surface area contributed by atoms with Crippen LogP contribution in [0.15, 0.2) is 18.2 Å². The number of thiocarbonyl (C=S) groups is 1. The third-order valence-electron chi connectivity index (χ3n) is 2.94. The number of halogens is 2. The first-order chi connectivity index (χ1) is 9.88. The van der Waals surface area contributed by atoms with Crippen LogP contribution >= 0.6 is 35.4 Å². The van der Waals surface area contributed by atoms with Gasteiger partial charge in [0.15, 0.2) is 5.11 Å². The Hall–Kier alpha value is -1.57. The fourth-order valence-corrected chi connectivity index (χ4v) is 2.58. The highest BCUT2D eigenvalue weighted by Gasteiger charge is 2.29. The molecule has 0 saturated carbocycles. The second kappa shape index (κ2) is 6.46. The van der Waals surface area contributed by atoms with Crippen molar-refractivity contribution in [2.75, 3.05) is 24.5 Å². The number of nitrogens with zero attached hydrogens (tertiary/aromatic N) is 2. The number of rotatable bonds is 1. The van der Waals surface area contributed by atoms with Crippen molar-refractivity contribution in [1.29, 1.82) is 0 Å². The highest BCUT2D eigenvalue weighted by Crippen LogP contribution is 2.29. The first-order valence-corrected chi connectivity index (χ1v) is 7.15. The summed E-state index contributed by atoms with van der Waals surface area (Å²) >= 11 is 16.5.